The van der Waals surface area contributed by atoms with Crippen molar-refractivity contribution in [1.82, 2.24) is 10.9 Å². The zero-order valence-electron chi connectivity index (χ0n) is 9.80. The SMILES string of the molecule is O=C(CC1C(=O)NNC1=O)Nc1ccc(F)c(F)c1F. The van der Waals surface area contributed by atoms with E-state index in [9.17, 15) is 27.6 Å². The first kappa shape index (κ1) is 13.8. The summed E-state index contributed by atoms with van der Waals surface area (Å²) in [5.74, 6) is -8.20. The molecule has 0 radical (unpaired) electrons. The van der Waals surface area contributed by atoms with E-state index in [4.69, 9.17) is 0 Å². The third kappa shape index (κ3) is 2.56. The topological polar surface area (TPSA) is 87.3 Å². The maximum atomic E-state index is 13.3. The van der Waals surface area contributed by atoms with E-state index in [1.54, 1.807) is 0 Å². The summed E-state index contributed by atoms with van der Waals surface area (Å²) >= 11 is 0. The Morgan fingerprint density at radius 1 is 1.10 bits per heavy atom. The molecular weight excluding hydrogens is 279 g/mol. The molecule has 0 saturated carbocycles. The second kappa shape index (κ2) is 5.19. The van der Waals surface area contributed by atoms with Gasteiger partial charge in [-0.05, 0) is 12.1 Å². The highest BCUT2D eigenvalue weighted by Crippen LogP contribution is 2.20. The van der Waals surface area contributed by atoms with E-state index in [1.165, 1.54) is 0 Å². The maximum Gasteiger partial charge on any atom is 0.251 e. The van der Waals surface area contributed by atoms with Crippen LogP contribution in [0.1, 0.15) is 6.42 Å². The highest BCUT2D eigenvalue weighted by molar-refractivity contribution is 6.08. The molecule has 2 rings (SSSR count). The molecule has 9 heteroatoms. The first-order valence-electron chi connectivity index (χ1n) is 5.43. The average Bonchev–Trinajstić information content (AvgIpc) is 2.71. The Morgan fingerprint density at radius 3 is 2.30 bits per heavy atom. The minimum atomic E-state index is -1.72. The minimum absolute atomic E-state index is 0.546. The van der Waals surface area contributed by atoms with Crippen molar-refractivity contribution in [3.63, 3.8) is 0 Å². The first-order chi connectivity index (χ1) is 9.40. The first-order valence-corrected chi connectivity index (χ1v) is 5.43. The Hall–Kier alpha value is -2.58. The number of carbonyl (C=O) groups is 3. The number of carbonyl (C=O) groups excluding carboxylic acids is 3. The van der Waals surface area contributed by atoms with Gasteiger partial charge in [0.25, 0.3) is 11.8 Å². The Kier molecular flexibility index (Phi) is 3.59. The van der Waals surface area contributed by atoms with Gasteiger partial charge in [-0.1, -0.05) is 0 Å². The molecule has 1 aliphatic rings. The van der Waals surface area contributed by atoms with Crippen molar-refractivity contribution < 1.29 is 27.6 Å². The van der Waals surface area contributed by atoms with Crippen molar-refractivity contribution in [3.8, 4) is 0 Å². The van der Waals surface area contributed by atoms with Gasteiger partial charge in [0.05, 0.1) is 5.69 Å². The quantitative estimate of drug-likeness (QED) is 0.548. The summed E-state index contributed by atoms with van der Waals surface area (Å²) < 4.78 is 38.9. The predicted octanol–water partition coefficient (Wildman–Crippen LogP) is 0.210. The Bertz CT molecular complexity index is 590. The summed E-state index contributed by atoms with van der Waals surface area (Å²) in [6, 6.07) is 1.48. The van der Waals surface area contributed by atoms with Crippen molar-refractivity contribution in [2.45, 2.75) is 6.42 Å². The number of nitrogens with one attached hydrogen (secondary N) is 3. The zero-order valence-corrected chi connectivity index (χ0v) is 9.80. The lowest BCUT2D eigenvalue weighted by Gasteiger charge is -2.08. The summed E-state index contributed by atoms with van der Waals surface area (Å²) in [7, 11) is 0. The molecule has 3 N–H and O–H groups in total. The molecule has 1 aliphatic heterocycles. The summed E-state index contributed by atoms with van der Waals surface area (Å²) in [5.41, 5.74) is 3.45. The molecule has 0 bridgehead atoms. The maximum absolute atomic E-state index is 13.3. The van der Waals surface area contributed by atoms with Gasteiger partial charge in [0.2, 0.25) is 5.91 Å². The Morgan fingerprint density at radius 2 is 1.70 bits per heavy atom. The average molecular weight is 287 g/mol. The molecule has 0 aromatic heterocycles. The number of hydrogen-bond donors (Lipinski definition) is 3. The molecule has 6 nitrogen and oxygen atoms in total. The van der Waals surface area contributed by atoms with Gasteiger partial charge >= 0.3 is 0 Å². The summed E-state index contributed by atoms with van der Waals surface area (Å²) in [4.78, 5) is 33.9. The van der Waals surface area contributed by atoms with Crippen LogP contribution in [0.2, 0.25) is 0 Å². The van der Waals surface area contributed by atoms with Crippen LogP contribution in [0.4, 0.5) is 18.9 Å². The van der Waals surface area contributed by atoms with Crippen molar-refractivity contribution in [2.24, 2.45) is 5.92 Å². The molecule has 1 fully saturated rings. The van der Waals surface area contributed by atoms with E-state index in [0.29, 0.717) is 6.07 Å². The molecular formula is C11H8F3N3O3. The van der Waals surface area contributed by atoms with E-state index < -0.39 is 53.2 Å². The number of anilines is 1. The van der Waals surface area contributed by atoms with Gasteiger partial charge in [0.15, 0.2) is 17.5 Å². The van der Waals surface area contributed by atoms with Crippen LogP contribution < -0.4 is 16.2 Å². The highest BCUT2D eigenvalue weighted by atomic mass is 19.2. The van der Waals surface area contributed by atoms with Crippen LogP contribution in [0.5, 0.6) is 0 Å². The van der Waals surface area contributed by atoms with Gasteiger partial charge < -0.3 is 5.32 Å². The number of hydrazine groups is 1. The minimum Gasteiger partial charge on any atom is -0.323 e. The second-order valence-electron chi connectivity index (χ2n) is 4.01. The van der Waals surface area contributed by atoms with Crippen LogP contribution in [-0.4, -0.2) is 17.7 Å². The van der Waals surface area contributed by atoms with Crippen LogP contribution in [0, 0.1) is 23.4 Å². The number of hydrogen-bond acceptors (Lipinski definition) is 3. The lowest BCUT2D eigenvalue weighted by molar-refractivity contribution is -0.131. The standard InChI is InChI=1S/C11H8F3N3O3/c12-5-1-2-6(9(14)8(5)13)15-7(18)3-4-10(19)16-17-11(4)20/h1-2,4H,3H2,(H,15,18)(H,16,19)(H,17,20). The van der Waals surface area contributed by atoms with E-state index in [0.717, 1.165) is 6.07 Å². The molecule has 3 amide bonds. The van der Waals surface area contributed by atoms with Gasteiger partial charge in [0, 0.05) is 6.42 Å². The van der Waals surface area contributed by atoms with Gasteiger partial charge in [-0.25, -0.2) is 13.2 Å². The van der Waals surface area contributed by atoms with Crippen LogP contribution in [0.3, 0.4) is 0 Å². The monoisotopic (exact) mass is 287 g/mol. The largest absolute Gasteiger partial charge is 0.323 e. The lowest BCUT2D eigenvalue weighted by atomic mass is 10.1. The van der Waals surface area contributed by atoms with Crippen LogP contribution in [-0.2, 0) is 14.4 Å². The predicted molar refractivity (Wildman–Crippen MR) is 59.3 cm³/mol. The van der Waals surface area contributed by atoms with Gasteiger partial charge in [-0.15, -0.1) is 0 Å². The summed E-state index contributed by atoms with van der Waals surface area (Å²) in [5, 5.41) is 1.97. The highest BCUT2D eigenvalue weighted by Gasteiger charge is 2.34. The van der Waals surface area contributed by atoms with Crippen LogP contribution in [0.25, 0.3) is 0 Å². The fraction of sp³-hybridized carbons (Fsp3) is 0.182. The van der Waals surface area contributed by atoms with E-state index in [1.807, 2.05) is 16.2 Å². The number of rotatable bonds is 3. The molecule has 0 unspecified atom stereocenters. The van der Waals surface area contributed by atoms with E-state index in [-0.39, 0.29) is 0 Å². The van der Waals surface area contributed by atoms with Gasteiger partial charge in [-0.2, -0.15) is 0 Å². The third-order valence-corrected chi connectivity index (χ3v) is 2.64. The van der Waals surface area contributed by atoms with E-state index >= 15 is 0 Å². The molecule has 0 atom stereocenters. The molecule has 0 spiro atoms. The lowest BCUT2D eigenvalue weighted by Crippen LogP contribution is -2.28. The zero-order chi connectivity index (χ0) is 14.9. The summed E-state index contributed by atoms with van der Waals surface area (Å²) in [6.07, 6.45) is -0.546. The van der Waals surface area contributed by atoms with Crippen molar-refractivity contribution in [1.29, 1.82) is 0 Å². The van der Waals surface area contributed by atoms with Crippen LogP contribution >= 0.6 is 0 Å². The fourth-order valence-corrected chi connectivity index (χ4v) is 1.61. The van der Waals surface area contributed by atoms with E-state index in [2.05, 4.69) is 0 Å². The Labute approximate surface area is 110 Å². The smallest absolute Gasteiger partial charge is 0.251 e. The third-order valence-electron chi connectivity index (χ3n) is 2.64. The van der Waals surface area contributed by atoms with Crippen molar-refractivity contribution in [2.75, 3.05) is 5.32 Å². The number of benzene rings is 1. The Balaban J connectivity index is 2.07. The molecule has 20 heavy (non-hydrogen) atoms. The molecule has 106 valence electrons. The van der Waals surface area contributed by atoms with Gasteiger partial charge in [0.1, 0.15) is 5.92 Å². The number of amides is 3. The van der Waals surface area contributed by atoms with Crippen molar-refractivity contribution >= 4 is 23.4 Å². The second-order valence-corrected chi connectivity index (χ2v) is 4.01. The fourth-order valence-electron chi connectivity index (χ4n) is 1.61. The molecule has 1 saturated heterocycles. The molecule has 1 aromatic rings. The normalized spacial score (nSPS) is 14.9. The molecule has 1 aromatic carbocycles. The number of halogens is 3. The molecule has 0 aliphatic carbocycles. The summed E-state index contributed by atoms with van der Waals surface area (Å²) in [6.45, 7) is 0. The molecule has 1 heterocycles. The van der Waals surface area contributed by atoms with Crippen molar-refractivity contribution in [3.05, 3.63) is 29.6 Å². The van der Waals surface area contributed by atoms with Crippen LogP contribution in [0.15, 0.2) is 12.1 Å². The van der Waals surface area contributed by atoms with Gasteiger partial charge in [-0.3, -0.25) is 25.2 Å².